The number of primary sulfonamides is 1. The molecular weight excluding hydrogens is 347 g/mol. The lowest BCUT2D eigenvalue weighted by atomic mass is 10.1. The third kappa shape index (κ3) is 6.17. The lowest BCUT2D eigenvalue weighted by Crippen LogP contribution is -2.27. The lowest BCUT2D eigenvalue weighted by Gasteiger charge is -2.08. The number of halogens is 1. The summed E-state index contributed by atoms with van der Waals surface area (Å²) in [6.45, 7) is 0.475. The van der Waals surface area contributed by atoms with Crippen LogP contribution in [0.2, 0.25) is 0 Å². The van der Waals surface area contributed by atoms with Gasteiger partial charge in [0.25, 0.3) is 0 Å². The fourth-order valence-electron chi connectivity index (χ4n) is 2.10. The van der Waals surface area contributed by atoms with Crippen LogP contribution in [0.1, 0.15) is 12.0 Å². The number of nitrogens with one attached hydrogen (secondary N) is 1. The van der Waals surface area contributed by atoms with Crippen LogP contribution in [0.3, 0.4) is 0 Å². The van der Waals surface area contributed by atoms with Crippen molar-refractivity contribution < 1.29 is 22.3 Å². The first-order valence-corrected chi connectivity index (χ1v) is 9.16. The van der Waals surface area contributed by atoms with E-state index < -0.39 is 15.8 Å². The summed E-state index contributed by atoms with van der Waals surface area (Å²) in [7, 11) is -3.70. The van der Waals surface area contributed by atoms with E-state index in [9.17, 15) is 17.6 Å². The van der Waals surface area contributed by atoms with Crippen molar-refractivity contribution in [1.82, 2.24) is 5.32 Å². The Morgan fingerprint density at radius 3 is 2.44 bits per heavy atom. The zero-order valence-corrected chi connectivity index (χ0v) is 14.3. The van der Waals surface area contributed by atoms with Crippen LogP contribution in [-0.2, 0) is 21.2 Å². The average molecular weight is 366 g/mol. The molecule has 0 aliphatic rings. The second-order valence-corrected chi connectivity index (χ2v) is 6.88. The highest BCUT2D eigenvalue weighted by atomic mass is 32.2. The number of rotatable bonds is 8. The maximum Gasteiger partial charge on any atom is 0.238 e. The topological polar surface area (TPSA) is 98.5 Å². The number of para-hydroxylation sites is 1. The van der Waals surface area contributed by atoms with Gasteiger partial charge in [-0.1, -0.05) is 24.3 Å². The minimum absolute atomic E-state index is 0.0468. The van der Waals surface area contributed by atoms with Gasteiger partial charge in [-0.25, -0.2) is 17.9 Å². The van der Waals surface area contributed by atoms with Gasteiger partial charge in [0.2, 0.25) is 15.9 Å². The Kier molecular flexibility index (Phi) is 6.49. The number of hydrogen-bond donors (Lipinski definition) is 2. The molecule has 0 saturated heterocycles. The molecule has 6 nitrogen and oxygen atoms in total. The van der Waals surface area contributed by atoms with Gasteiger partial charge >= 0.3 is 0 Å². The Morgan fingerprint density at radius 2 is 1.80 bits per heavy atom. The molecule has 0 unspecified atom stereocenters. The van der Waals surface area contributed by atoms with Crippen molar-refractivity contribution in [2.24, 2.45) is 5.14 Å². The van der Waals surface area contributed by atoms with E-state index in [1.165, 1.54) is 24.3 Å². The molecule has 0 saturated carbocycles. The van der Waals surface area contributed by atoms with E-state index in [1.54, 1.807) is 24.3 Å². The molecule has 0 heterocycles. The third-order valence-corrected chi connectivity index (χ3v) is 4.34. The Labute approximate surface area is 145 Å². The summed E-state index contributed by atoms with van der Waals surface area (Å²) in [6, 6.07) is 12.1. The van der Waals surface area contributed by atoms with Gasteiger partial charge < -0.3 is 10.1 Å². The van der Waals surface area contributed by atoms with Crippen LogP contribution in [-0.4, -0.2) is 27.5 Å². The minimum Gasteiger partial charge on any atom is -0.490 e. The summed E-state index contributed by atoms with van der Waals surface area (Å²) in [4.78, 5) is 11.8. The zero-order chi connectivity index (χ0) is 18.3. The molecule has 8 heteroatoms. The Bertz CT molecular complexity index is 823. The monoisotopic (exact) mass is 366 g/mol. The molecule has 2 aromatic carbocycles. The second-order valence-electron chi connectivity index (χ2n) is 5.32. The molecule has 0 spiro atoms. The van der Waals surface area contributed by atoms with Gasteiger partial charge in [-0.05, 0) is 36.2 Å². The molecule has 1 amide bonds. The van der Waals surface area contributed by atoms with Gasteiger partial charge in [-0.2, -0.15) is 0 Å². The van der Waals surface area contributed by atoms with Crippen molar-refractivity contribution in [1.29, 1.82) is 0 Å². The fourth-order valence-corrected chi connectivity index (χ4v) is 2.61. The lowest BCUT2D eigenvalue weighted by molar-refractivity contribution is -0.121. The van der Waals surface area contributed by atoms with Crippen LogP contribution >= 0.6 is 0 Å². The molecule has 3 N–H and O–H groups in total. The summed E-state index contributed by atoms with van der Waals surface area (Å²) >= 11 is 0. The molecular formula is C17H19FN2O4S. The Hall–Kier alpha value is -2.45. The average Bonchev–Trinajstić information content (AvgIpc) is 2.56. The van der Waals surface area contributed by atoms with Gasteiger partial charge in [-0.3, -0.25) is 4.79 Å². The van der Waals surface area contributed by atoms with Crippen molar-refractivity contribution in [2.45, 2.75) is 17.7 Å². The van der Waals surface area contributed by atoms with E-state index in [0.717, 1.165) is 5.56 Å². The van der Waals surface area contributed by atoms with E-state index in [-0.39, 0.29) is 29.6 Å². The third-order valence-electron chi connectivity index (χ3n) is 3.41. The normalized spacial score (nSPS) is 11.1. The number of nitrogens with two attached hydrogens (primary N) is 1. The molecule has 0 aliphatic heterocycles. The first kappa shape index (κ1) is 18.9. The van der Waals surface area contributed by atoms with Crippen LogP contribution in [0.25, 0.3) is 0 Å². The predicted molar refractivity (Wildman–Crippen MR) is 91.0 cm³/mol. The quantitative estimate of drug-likeness (QED) is 0.741. The van der Waals surface area contributed by atoms with Crippen LogP contribution in [0.15, 0.2) is 53.4 Å². The molecule has 0 bridgehead atoms. The first-order chi connectivity index (χ1) is 11.9. The highest BCUT2D eigenvalue weighted by Crippen LogP contribution is 2.15. The summed E-state index contributed by atoms with van der Waals surface area (Å²) in [5, 5.41) is 7.75. The van der Waals surface area contributed by atoms with E-state index in [0.29, 0.717) is 13.0 Å². The van der Waals surface area contributed by atoms with Crippen molar-refractivity contribution in [2.75, 3.05) is 13.2 Å². The number of benzene rings is 2. The van der Waals surface area contributed by atoms with Gasteiger partial charge in [0.1, 0.15) is 0 Å². The second kappa shape index (κ2) is 8.59. The fraction of sp³-hybridized carbons (Fsp3) is 0.235. The largest absolute Gasteiger partial charge is 0.490 e. The van der Waals surface area contributed by atoms with Crippen LogP contribution < -0.4 is 15.2 Å². The highest BCUT2D eigenvalue weighted by molar-refractivity contribution is 7.89. The van der Waals surface area contributed by atoms with E-state index in [4.69, 9.17) is 9.88 Å². The predicted octanol–water partition coefficient (Wildman–Crippen LogP) is 1.60. The maximum atomic E-state index is 13.3. The van der Waals surface area contributed by atoms with E-state index in [2.05, 4.69) is 5.32 Å². The van der Waals surface area contributed by atoms with Gasteiger partial charge in [-0.15, -0.1) is 0 Å². The smallest absolute Gasteiger partial charge is 0.238 e. The van der Waals surface area contributed by atoms with Crippen LogP contribution in [0, 0.1) is 5.82 Å². The summed E-state index contributed by atoms with van der Waals surface area (Å²) in [6.07, 6.45) is 0.656. The van der Waals surface area contributed by atoms with Crippen molar-refractivity contribution in [3.05, 3.63) is 59.9 Å². The number of ether oxygens (including phenoxy) is 1. The number of hydrogen-bond acceptors (Lipinski definition) is 4. The van der Waals surface area contributed by atoms with Crippen molar-refractivity contribution >= 4 is 15.9 Å². The van der Waals surface area contributed by atoms with E-state index >= 15 is 0 Å². The van der Waals surface area contributed by atoms with Crippen molar-refractivity contribution in [3.8, 4) is 5.75 Å². The molecule has 0 radical (unpaired) electrons. The van der Waals surface area contributed by atoms with Crippen LogP contribution in [0.4, 0.5) is 4.39 Å². The number of carbonyl (C=O) groups excluding carboxylic acids is 1. The van der Waals surface area contributed by atoms with Crippen LogP contribution in [0.5, 0.6) is 5.75 Å². The molecule has 0 fully saturated rings. The van der Waals surface area contributed by atoms with Crippen molar-refractivity contribution in [3.63, 3.8) is 0 Å². The molecule has 2 rings (SSSR count). The number of amides is 1. The van der Waals surface area contributed by atoms with Gasteiger partial charge in [0.15, 0.2) is 11.6 Å². The zero-order valence-electron chi connectivity index (χ0n) is 13.4. The minimum atomic E-state index is -3.70. The maximum absolute atomic E-state index is 13.3. The van der Waals surface area contributed by atoms with E-state index in [1.807, 2.05) is 0 Å². The molecule has 0 atom stereocenters. The molecule has 25 heavy (non-hydrogen) atoms. The Balaban J connectivity index is 1.69. The molecule has 0 aromatic heterocycles. The Morgan fingerprint density at radius 1 is 1.12 bits per heavy atom. The first-order valence-electron chi connectivity index (χ1n) is 7.62. The summed E-state index contributed by atoms with van der Waals surface area (Å²) < 4.78 is 40.9. The van der Waals surface area contributed by atoms with Gasteiger partial charge in [0.05, 0.1) is 17.9 Å². The SMILES string of the molecule is NS(=O)(=O)c1ccc(CCNC(=O)CCOc2ccccc2F)cc1. The molecule has 0 aliphatic carbocycles. The number of carbonyl (C=O) groups is 1. The molecule has 134 valence electrons. The molecule has 2 aromatic rings. The summed E-state index contributed by atoms with van der Waals surface area (Å²) in [5.41, 5.74) is 0.871. The number of sulfonamides is 1. The standard InChI is InChI=1S/C17H19FN2O4S/c18-15-3-1-2-4-16(15)24-12-10-17(21)20-11-9-13-5-7-14(8-6-13)25(19,22)23/h1-8H,9-12H2,(H,20,21)(H2,19,22,23). The van der Waals surface area contributed by atoms with Gasteiger partial charge in [0, 0.05) is 6.54 Å². The summed E-state index contributed by atoms with van der Waals surface area (Å²) in [5.74, 6) is -0.561. The highest BCUT2D eigenvalue weighted by Gasteiger charge is 2.07.